The van der Waals surface area contributed by atoms with E-state index in [0.29, 0.717) is 19.6 Å². The molecule has 0 aromatic rings. The fraction of sp³-hybridized carbons (Fsp3) is 0.727. The van der Waals surface area contributed by atoms with Gasteiger partial charge in [0.15, 0.2) is 6.04 Å². The van der Waals surface area contributed by atoms with E-state index in [1.807, 2.05) is 6.92 Å². The predicted octanol–water partition coefficient (Wildman–Crippen LogP) is -0.301. The standard InChI is InChI=1S/C11H18N2O4S/c1-3-7(9(12)18)10(14)13-4-5-17-6-8(13)11(15)16-2/h7-8H,3-6H2,1-2H3,(H2,12,18). The average molecular weight is 274 g/mol. The molecule has 2 unspecified atom stereocenters. The molecular formula is C11H18N2O4S. The van der Waals surface area contributed by atoms with Crippen LogP contribution in [0.1, 0.15) is 13.3 Å². The zero-order chi connectivity index (χ0) is 13.7. The Bertz CT molecular complexity index is 348. The third-order valence-corrected chi connectivity index (χ3v) is 3.22. The van der Waals surface area contributed by atoms with E-state index in [9.17, 15) is 9.59 Å². The maximum absolute atomic E-state index is 12.3. The van der Waals surface area contributed by atoms with E-state index in [0.717, 1.165) is 0 Å². The summed E-state index contributed by atoms with van der Waals surface area (Å²) in [4.78, 5) is 25.5. The first-order chi connectivity index (χ1) is 8.52. The molecule has 102 valence electrons. The second-order valence-electron chi connectivity index (χ2n) is 4.01. The number of methoxy groups -OCH3 is 1. The molecule has 1 heterocycles. The highest BCUT2D eigenvalue weighted by Gasteiger charge is 2.36. The van der Waals surface area contributed by atoms with Crippen LogP contribution in [0.25, 0.3) is 0 Å². The van der Waals surface area contributed by atoms with Crippen LogP contribution >= 0.6 is 12.2 Å². The van der Waals surface area contributed by atoms with Crippen LogP contribution in [0.4, 0.5) is 0 Å². The number of esters is 1. The monoisotopic (exact) mass is 274 g/mol. The maximum atomic E-state index is 12.3. The molecular weight excluding hydrogens is 256 g/mol. The molecule has 1 amide bonds. The number of ether oxygens (including phenoxy) is 2. The Hall–Kier alpha value is -1.21. The van der Waals surface area contributed by atoms with Crippen LogP contribution in [0.5, 0.6) is 0 Å². The van der Waals surface area contributed by atoms with Crippen molar-refractivity contribution in [3.05, 3.63) is 0 Å². The van der Waals surface area contributed by atoms with Crippen molar-refractivity contribution in [2.75, 3.05) is 26.9 Å². The molecule has 1 saturated heterocycles. The molecule has 7 heteroatoms. The zero-order valence-electron chi connectivity index (χ0n) is 10.5. The molecule has 18 heavy (non-hydrogen) atoms. The number of hydrogen-bond acceptors (Lipinski definition) is 5. The lowest BCUT2D eigenvalue weighted by Gasteiger charge is -2.35. The van der Waals surface area contributed by atoms with Crippen molar-refractivity contribution >= 4 is 29.1 Å². The number of carbonyl (C=O) groups is 2. The first kappa shape index (κ1) is 14.8. The summed E-state index contributed by atoms with van der Waals surface area (Å²) in [5.74, 6) is -1.25. The SMILES string of the molecule is CCC(C(=O)N1CCOCC1C(=O)OC)C(N)=S. The number of carbonyl (C=O) groups excluding carboxylic acids is 2. The highest BCUT2D eigenvalue weighted by atomic mass is 32.1. The largest absolute Gasteiger partial charge is 0.467 e. The van der Waals surface area contributed by atoms with Crippen molar-refractivity contribution < 1.29 is 19.1 Å². The summed E-state index contributed by atoms with van der Waals surface area (Å²) in [6.45, 7) is 2.71. The van der Waals surface area contributed by atoms with Crippen LogP contribution in [-0.4, -0.2) is 54.7 Å². The van der Waals surface area contributed by atoms with Crippen LogP contribution in [-0.2, 0) is 19.1 Å². The lowest BCUT2D eigenvalue weighted by atomic mass is 10.0. The van der Waals surface area contributed by atoms with Gasteiger partial charge < -0.3 is 20.1 Å². The lowest BCUT2D eigenvalue weighted by Crippen LogP contribution is -2.55. The van der Waals surface area contributed by atoms with E-state index in [1.165, 1.54) is 12.0 Å². The Kier molecular flexibility index (Phi) is 5.49. The highest BCUT2D eigenvalue weighted by Crippen LogP contribution is 2.15. The Balaban J connectivity index is 2.86. The van der Waals surface area contributed by atoms with E-state index in [2.05, 4.69) is 4.74 Å². The van der Waals surface area contributed by atoms with Crippen molar-refractivity contribution in [3.63, 3.8) is 0 Å². The van der Waals surface area contributed by atoms with Gasteiger partial charge in [-0.1, -0.05) is 19.1 Å². The topological polar surface area (TPSA) is 81.9 Å². The number of rotatable bonds is 4. The van der Waals surface area contributed by atoms with Gasteiger partial charge in [-0.25, -0.2) is 4.79 Å². The van der Waals surface area contributed by atoms with E-state index < -0.39 is 17.9 Å². The third kappa shape index (κ3) is 3.17. The average Bonchev–Trinajstić information content (AvgIpc) is 2.38. The molecule has 1 fully saturated rings. The molecule has 1 aliphatic rings. The fourth-order valence-corrected chi connectivity index (χ4v) is 2.16. The molecule has 0 saturated carbocycles. The summed E-state index contributed by atoms with van der Waals surface area (Å²) < 4.78 is 9.87. The van der Waals surface area contributed by atoms with Crippen LogP contribution < -0.4 is 5.73 Å². The highest BCUT2D eigenvalue weighted by molar-refractivity contribution is 7.80. The van der Waals surface area contributed by atoms with Crippen molar-refractivity contribution in [1.82, 2.24) is 4.90 Å². The second kappa shape index (κ2) is 6.65. The summed E-state index contributed by atoms with van der Waals surface area (Å²) in [6.07, 6.45) is 0.513. The summed E-state index contributed by atoms with van der Waals surface area (Å²) in [6, 6.07) is -0.709. The smallest absolute Gasteiger partial charge is 0.331 e. The van der Waals surface area contributed by atoms with Gasteiger partial charge in [-0.2, -0.15) is 0 Å². The van der Waals surface area contributed by atoms with Gasteiger partial charge in [0.05, 0.1) is 31.2 Å². The van der Waals surface area contributed by atoms with Crippen LogP contribution in [0.15, 0.2) is 0 Å². The van der Waals surface area contributed by atoms with E-state index in [1.54, 1.807) is 0 Å². The molecule has 1 aliphatic heterocycles. The van der Waals surface area contributed by atoms with E-state index in [-0.39, 0.29) is 17.5 Å². The molecule has 0 aliphatic carbocycles. The van der Waals surface area contributed by atoms with Crippen LogP contribution in [0, 0.1) is 5.92 Å². The number of hydrogen-bond donors (Lipinski definition) is 1. The van der Waals surface area contributed by atoms with Crippen molar-refractivity contribution in [2.24, 2.45) is 11.7 Å². The summed E-state index contributed by atoms with van der Waals surface area (Å²) in [5.41, 5.74) is 5.55. The molecule has 2 atom stereocenters. The molecule has 0 aromatic heterocycles. The lowest BCUT2D eigenvalue weighted by molar-refractivity contribution is -0.161. The van der Waals surface area contributed by atoms with E-state index in [4.69, 9.17) is 22.7 Å². The number of morpholine rings is 1. The van der Waals surface area contributed by atoms with Crippen LogP contribution in [0.2, 0.25) is 0 Å². The Morgan fingerprint density at radius 2 is 2.28 bits per heavy atom. The second-order valence-corrected chi connectivity index (χ2v) is 4.48. The zero-order valence-corrected chi connectivity index (χ0v) is 11.4. The number of thiocarbonyl (C=S) groups is 1. The van der Waals surface area contributed by atoms with Gasteiger partial charge in [0, 0.05) is 6.54 Å². The molecule has 0 bridgehead atoms. The van der Waals surface area contributed by atoms with Gasteiger partial charge >= 0.3 is 5.97 Å². The molecule has 0 aromatic carbocycles. The van der Waals surface area contributed by atoms with Gasteiger partial charge in [0.25, 0.3) is 0 Å². The van der Waals surface area contributed by atoms with Crippen molar-refractivity contribution in [1.29, 1.82) is 0 Å². The maximum Gasteiger partial charge on any atom is 0.331 e. The summed E-state index contributed by atoms with van der Waals surface area (Å²) in [5, 5.41) is 0. The minimum Gasteiger partial charge on any atom is -0.467 e. The molecule has 0 radical (unpaired) electrons. The Morgan fingerprint density at radius 3 is 2.78 bits per heavy atom. The summed E-state index contributed by atoms with van der Waals surface area (Å²) in [7, 11) is 1.28. The summed E-state index contributed by atoms with van der Waals surface area (Å²) >= 11 is 4.88. The number of amides is 1. The van der Waals surface area contributed by atoms with Crippen LogP contribution in [0.3, 0.4) is 0 Å². The minimum absolute atomic E-state index is 0.145. The van der Waals surface area contributed by atoms with Crippen molar-refractivity contribution in [2.45, 2.75) is 19.4 Å². The molecule has 0 spiro atoms. The fourth-order valence-electron chi connectivity index (χ4n) is 1.90. The Morgan fingerprint density at radius 1 is 1.61 bits per heavy atom. The van der Waals surface area contributed by atoms with E-state index >= 15 is 0 Å². The van der Waals surface area contributed by atoms with Crippen molar-refractivity contribution in [3.8, 4) is 0 Å². The van der Waals surface area contributed by atoms with Gasteiger partial charge in [0.2, 0.25) is 5.91 Å². The minimum atomic E-state index is -0.709. The van der Waals surface area contributed by atoms with Gasteiger partial charge in [-0.15, -0.1) is 0 Å². The first-order valence-corrected chi connectivity index (χ1v) is 6.19. The molecule has 6 nitrogen and oxygen atoms in total. The number of nitrogens with two attached hydrogens (primary N) is 1. The Labute approximate surface area is 111 Å². The van der Waals surface area contributed by atoms with Gasteiger partial charge in [-0.3, -0.25) is 4.79 Å². The quantitative estimate of drug-likeness (QED) is 0.560. The third-order valence-electron chi connectivity index (χ3n) is 2.93. The molecule has 2 N–H and O–H groups in total. The number of nitrogens with zero attached hydrogens (tertiary/aromatic N) is 1. The molecule has 1 rings (SSSR count). The van der Waals surface area contributed by atoms with Gasteiger partial charge in [-0.05, 0) is 6.42 Å². The predicted molar refractivity (Wildman–Crippen MR) is 68.9 cm³/mol. The normalized spacial score (nSPS) is 21.2. The first-order valence-electron chi connectivity index (χ1n) is 5.78. The van der Waals surface area contributed by atoms with Gasteiger partial charge in [0.1, 0.15) is 0 Å².